The van der Waals surface area contributed by atoms with Crippen LogP contribution in [0, 0.1) is 0 Å². The monoisotopic (exact) mass is 626 g/mol. The Morgan fingerprint density at radius 1 is 0.955 bits per heavy atom. The number of ether oxygens (including phenoxy) is 1. The molecule has 0 unspecified atom stereocenters. The van der Waals surface area contributed by atoms with E-state index in [4.69, 9.17) is 4.74 Å². The second-order valence-electron chi connectivity index (χ2n) is 12.4. The Kier molecular flexibility index (Phi) is 8.42. The number of aryl methyl sites for hydroxylation is 2. The lowest BCUT2D eigenvalue weighted by molar-refractivity contribution is -0.143. The maximum atomic E-state index is 13.7. The number of amides is 1. The largest absolute Gasteiger partial charge is 0.443 e. The van der Waals surface area contributed by atoms with E-state index in [2.05, 4.69) is 16.1 Å². The fraction of sp³-hybridized carbons (Fsp3) is 0.533. The van der Waals surface area contributed by atoms with Crippen LogP contribution in [0.25, 0.3) is 0 Å². The summed E-state index contributed by atoms with van der Waals surface area (Å²) >= 11 is 0. The number of hydrogen-bond donors (Lipinski definition) is 2. The lowest BCUT2D eigenvalue weighted by Crippen LogP contribution is -2.46. The molecule has 2 aromatic carbocycles. The zero-order valence-corrected chi connectivity index (χ0v) is 25.0. The van der Waals surface area contributed by atoms with E-state index in [-0.39, 0.29) is 24.1 Å². The van der Waals surface area contributed by atoms with E-state index in [9.17, 15) is 31.1 Å². The lowest BCUT2D eigenvalue weighted by Gasteiger charge is -2.35. The van der Waals surface area contributed by atoms with Crippen molar-refractivity contribution in [2.24, 2.45) is 5.10 Å². The van der Waals surface area contributed by atoms with Crippen LogP contribution >= 0.6 is 0 Å². The summed E-state index contributed by atoms with van der Waals surface area (Å²) in [6.07, 6.45) is -5.88. The van der Waals surface area contributed by atoms with Crippen molar-refractivity contribution in [3.8, 4) is 0 Å². The Labute approximate surface area is 251 Å². The summed E-state index contributed by atoms with van der Waals surface area (Å²) in [7, 11) is 1.63. The van der Waals surface area contributed by atoms with E-state index in [1.165, 1.54) is 5.12 Å². The highest BCUT2D eigenvalue weighted by Gasteiger charge is 2.39. The quantitative estimate of drug-likeness (QED) is 0.361. The summed E-state index contributed by atoms with van der Waals surface area (Å²) in [4.78, 5) is 16.7. The normalized spacial score (nSPS) is 19.3. The zero-order valence-electron chi connectivity index (χ0n) is 25.0. The Bertz CT molecular complexity index is 1400. The van der Waals surface area contributed by atoms with Gasteiger partial charge in [0, 0.05) is 20.1 Å². The number of alkyl halides is 6. The van der Waals surface area contributed by atoms with Crippen molar-refractivity contribution in [3.05, 3.63) is 63.7 Å². The molecular weight excluding hydrogens is 590 g/mol. The summed E-state index contributed by atoms with van der Waals surface area (Å²) in [5, 5.41) is 5.71. The molecule has 14 heteroatoms. The van der Waals surface area contributed by atoms with Crippen molar-refractivity contribution in [2.45, 2.75) is 89.8 Å². The van der Waals surface area contributed by atoms with Gasteiger partial charge in [-0.2, -0.15) is 26.3 Å². The van der Waals surface area contributed by atoms with Crippen LogP contribution in [-0.2, 0) is 36.5 Å². The van der Waals surface area contributed by atoms with Gasteiger partial charge < -0.3 is 9.64 Å². The molecule has 1 amide bonds. The van der Waals surface area contributed by atoms with Crippen LogP contribution in [0.5, 0.6) is 0 Å². The number of carbonyl (C=O) groups is 1. The molecule has 5 rings (SSSR count). The fourth-order valence-corrected chi connectivity index (χ4v) is 5.93. The average molecular weight is 627 g/mol. The average Bonchev–Trinajstić information content (AvgIpc) is 3.26. The van der Waals surface area contributed by atoms with E-state index >= 15 is 0 Å². The van der Waals surface area contributed by atoms with Gasteiger partial charge in [-0.3, -0.25) is 10.3 Å². The highest BCUT2D eigenvalue weighted by molar-refractivity contribution is 5.90. The standard InChI is InChI=1S/C30H36F6N6O2/c1-28(2,3)44-27(43)41-11-7-10-24(23-14-19-8-5-6-9-20(19)15-25(23)41)42(26-37-39-40(4)38-26)17-18-12-21(29(31,32)33)16-22(13-18)30(34,35)36/h12-16,24,39H,5-11,17H2,1-4H3,(H,37,38)/t24-/m0/s1. The first-order valence-corrected chi connectivity index (χ1v) is 14.5. The predicted molar refractivity (Wildman–Crippen MR) is 152 cm³/mol. The molecule has 0 saturated heterocycles. The molecule has 0 fully saturated rings. The van der Waals surface area contributed by atoms with Crippen LogP contribution in [0.3, 0.4) is 0 Å². The van der Waals surface area contributed by atoms with Crippen molar-refractivity contribution < 1.29 is 35.9 Å². The van der Waals surface area contributed by atoms with Gasteiger partial charge in [0.15, 0.2) is 0 Å². The van der Waals surface area contributed by atoms with Crippen molar-refractivity contribution in [1.82, 2.24) is 21.0 Å². The minimum atomic E-state index is -4.98. The van der Waals surface area contributed by atoms with Crippen LogP contribution in [-0.4, -0.2) is 41.3 Å². The number of halogens is 6. The van der Waals surface area contributed by atoms with Gasteiger partial charge in [0.25, 0.3) is 0 Å². The summed E-state index contributed by atoms with van der Waals surface area (Å²) in [5.74, 6) is 0.220. The third kappa shape index (κ3) is 7.00. The van der Waals surface area contributed by atoms with Gasteiger partial charge in [0.05, 0.1) is 22.9 Å². The van der Waals surface area contributed by atoms with Gasteiger partial charge in [0.1, 0.15) is 5.60 Å². The van der Waals surface area contributed by atoms with Crippen molar-refractivity contribution in [3.63, 3.8) is 0 Å². The number of hydrazine groups is 2. The van der Waals surface area contributed by atoms with Crippen LogP contribution in [0.2, 0.25) is 0 Å². The van der Waals surface area contributed by atoms with Gasteiger partial charge >= 0.3 is 18.4 Å². The minimum Gasteiger partial charge on any atom is -0.443 e. The second-order valence-corrected chi connectivity index (χ2v) is 12.4. The van der Waals surface area contributed by atoms with Crippen molar-refractivity contribution in [2.75, 3.05) is 18.5 Å². The Morgan fingerprint density at radius 3 is 2.11 bits per heavy atom. The molecule has 0 aromatic heterocycles. The summed E-state index contributed by atoms with van der Waals surface area (Å²) in [6.45, 7) is 5.34. The first-order chi connectivity index (χ1) is 20.5. The predicted octanol–water partition coefficient (Wildman–Crippen LogP) is 6.91. The smallest absolute Gasteiger partial charge is 0.416 e. The molecule has 1 atom stereocenters. The number of rotatable bonds is 3. The molecular formula is C30H36F6N6O2. The first-order valence-electron chi connectivity index (χ1n) is 14.5. The molecule has 2 heterocycles. The topological polar surface area (TPSA) is 72.4 Å². The fourth-order valence-electron chi connectivity index (χ4n) is 5.93. The van der Waals surface area contributed by atoms with E-state index in [1.54, 1.807) is 37.6 Å². The van der Waals surface area contributed by atoms with Gasteiger partial charge in [-0.25, -0.2) is 10.3 Å². The lowest BCUT2D eigenvalue weighted by atomic mass is 9.87. The van der Waals surface area contributed by atoms with Crippen LogP contribution in [0.4, 0.5) is 36.8 Å². The van der Waals surface area contributed by atoms with Gasteiger partial charge in [-0.15, -0.1) is 10.2 Å². The number of guanidine groups is 1. The number of hydrogen-bond acceptors (Lipinski definition) is 7. The van der Waals surface area contributed by atoms with Crippen molar-refractivity contribution in [1.29, 1.82) is 0 Å². The van der Waals surface area contributed by atoms with Gasteiger partial charge in [0.2, 0.25) is 5.96 Å². The Balaban J connectivity index is 1.63. The molecule has 0 saturated carbocycles. The summed E-state index contributed by atoms with van der Waals surface area (Å²) < 4.78 is 88.2. The molecule has 8 nitrogen and oxygen atoms in total. The van der Waals surface area contributed by atoms with Crippen LogP contribution in [0.15, 0.2) is 35.4 Å². The first kappa shape index (κ1) is 31.7. The molecule has 2 N–H and O–H groups in total. The van der Waals surface area contributed by atoms with E-state index < -0.39 is 41.2 Å². The number of nitrogens with one attached hydrogen (secondary N) is 2. The molecule has 0 radical (unpaired) electrons. The molecule has 240 valence electrons. The van der Waals surface area contributed by atoms with Crippen LogP contribution < -0.4 is 15.9 Å². The van der Waals surface area contributed by atoms with E-state index in [0.29, 0.717) is 25.1 Å². The second kappa shape index (κ2) is 11.7. The van der Waals surface area contributed by atoms with E-state index in [0.717, 1.165) is 54.5 Å². The molecule has 1 aliphatic carbocycles. The number of anilines is 1. The molecule has 0 bridgehead atoms. The highest BCUT2D eigenvalue weighted by Crippen LogP contribution is 2.42. The third-order valence-electron chi connectivity index (χ3n) is 7.84. The molecule has 2 aliphatic heterocycles. The van der Waals surface area contributed by atoms with Gasteiger partial charge in [-0.1, -0.05) is 6.07 Å². The number of hydrazone groups is 1. The number of fused-ring (bicyclic) bond motifs is 2. The summed E-state index contributed by atoms with van der Waals surface area (Å²) in [6, 6.07) is 5.08. The van der Waals surface area contributed by atoms with Crippen molar-refractivity contribution >= 4 is 17.7 Å². The van der Waals surface area contributed by atoms with Gasteiger partial charge in [-0.05, 0) is 106 Å². The molecule has 44 heavy (non-hydrogen) atoms. The number of nitrogens with zero attached hydrogens (tertiary/aromatic N) is 4. The number of carbonyl (C=O) groups excluding carboxylic acids is 1. The van der Waals surface area contributed by atoms with E-state index in [1.807, 2.05) is 12.1 Å². The maximum Gasteiger partial charge on any atom is 0.416 e. The Morgan fingerprint density at radius 2 is 1.57 bits per heavy atom. The Hall–Kier alpha value is -3.68. The molecule has 3 aliphatic rings. The number of benzene rings is 2. The zero-order chi connectivity index (χ0) is 32.0. The molecule has 0 spiro atoms. The third-order valence-corrected chi connectivity index (χ3v) is 7.84. The molecule has 2 aromatic rings. The highest BCUT2D eigenvalue weighted by atomic mass is 19.4. The summed E-state index contributed by atoms with van der Waals surface area (Å²) in [5.41, 5.74) is 5.58. The minimum absolute atomic E-state index is 0.125. The maximum absolute atomic E-state index is 13.7. The SMILES string of the molecule is CN1NN=C(N(Cc2cc(C(F)(F)F)cc(C(F)(F)F)c2)[C@H]2CCCN(C(=O)OC(C)(C)C)c3cc4c(cc32)CCCC4)N1. The van der Waals surface area contributed by atoms with Crippen LogP contribution in [0.1, 0.15) is 85.9 Å².